The fourth-order valence-corrected chi connectivity index (χ4v) is 5.53. The van der Waals surface area contributed by atoms with Gasteiger partial charge in [-0.1, -0.05) is 41.0 Å². The Morgan fingerprint density at radius 1 is 0.902 bits per heavy atom. The van der Waals surface area contributed by atoms with Crippen molar-refractivity contribution in [3.63, 3.8) is 0 Å². The number of likely N-dealkylation sites (tertiary alicyclic amines) is 1. The van der Waals surface area contributed by atoms with E-state index in [2.05, 4.69) is 10.5 Å². The highest BCUT2D eigenvalue weighted by Gasteiger charge is 2.25. The molecule has 0 atom stereocenters. The van der Waals surface area contributed by atoms with Crippen LogP contribution in [-0.2, 0) is 14.1 Å². The molecule has 0 radical (unpaired) electrons. The van der Waals surface area contributed by atoms with E-state index < -0.39 is 0 Å². The molecule has 208 valence electrons. The average molecular weight is 570 g/mol. The number of aryl methyl sites for hydroxylation is 2. The lowest BCUT2D eigenvalue weighted by Crippen LogP contribution is -2.37. The summed E-state index contributed by atoms with van der Waals surface area (Å²) in [6.45, 7) is 1.30. The van der Waals surface area contributed by atoms with E-state index in [1.807, 2.05) is 47.4 Å². The molecule has 9 nitrogen and oxygen atoms in total. The molecular formula is C31H28ClN5O4. The van der Waals surface area contributed by atoms with Crippen molar-refractivity contribution in [2.24, 2.45) is 14.1 Å². The van der Waals surface area contributed by atoms with Crippen LogP contribution in [-0.4, -0.2) is 44.1 Å². The van der Waals surface area contributed by atoms with Crippen LogP contribution in [0.15, 0.2) is 82.1 Å². The molecule has 0 aliphatic carbocycles. The molecule has 1 aliphatic heterocycles. The third-order valence-corrected chi connectivity index (χ3v) is 8.07. The predicted octanol–water partition coefficient (Wildman–Crippen LogP) is 5.46. The van der Waals surface area contributed by atoms with Crippen LogP contribution in [0, 0.1) is 0 Å². The molecule has 2 amide bonds. The molecule has 0 spiro atoms. The van der Waals surface area contributed by atoms with Gasteiger partial charge in [0, 0.05) is 55.1 Å². The first-order valence-corrected chi connectivity index (χ1v) is 13.7. The summed E-state index contributed by atoms with van der Waals surface area (Å²) in [4.78, 5) is 40.0. The zero-order chi connectivity index (χ0) is 28.7. The normalized spacial score (nSPS) is 14.0. The Bertz CT molecular complexity index is 1810. The molecule has 1 aliphatic rings. The van der Waals surface area contributed by atoms with Crippen LogP contribution in [0.4, 0.5) is 5.69 Å². The van der Waals surface area contributed by atoms with E-state index in [9.17, 15) is 14.4 Å². The van der Waals surface area contributed by atoms with E-state index in [0.717, 1.165) is 29.4 Å². The van der Waals surface area contributed by atoms with Crippen molar-refractivity contribution in [3.05, 3.63) is 105 Å². The number of hydrogen-bond acceptors (Lipinski definition) is 5. The van der Waals surface area contributed by atoms with E-state index in [1.54, 1.807) is 53.6 Å². The molecular weight excluding hydrogens is 542 g/mol. The molecule has 6 rings (SSSR count). The maximum absolute atomic E-state index is 13.2. The Labute approximate surface area is 240 Å². The minimum absolute atomic E-state index is 0.0219. The third kappa shape index (κ3) is 5.16. The summed E-state index contributed by atoms with van der Waals surface area (Å²) in [5.41, 5.74) is 5.20. The van der Waals surface area contributed by atoms with Crippen molar-refractivity contribution in [2.75, 3.05) is 18.4 Å². The second-order valence-electron chi connectivity index (χ2n) is 10.3. The Kier molecular flexibility index (Phi) is 6.96. The predicted molar refractivity (Wildman–Crippen MR) is 157 cm³/mol. The lowest BCUT2D eigenvalue weighted by atomic mass is 9.89. The van der Waals surface area contributed by atoms with Gasteiger partial charge in [-0.25, -0.2) is 4.79 Å². The summed E-state index contributed by atoms with van der Waals surface area (Å²) >= 11 is 5.94. The fraction of sp³-hybridized carbons (Fsp3) is 0.226. The molecule has 10 heteroatoms. The number of carbonyl (C=O) groups excluding carboxylic acids is 2. The maximum Gasteiger partial charge on any atom is 0.328 e. The Hall–Kier alpha value is -4.63. The quantitative estimate of drug-likeness (QED) is 0.303. The summed E-state index contributed by atoms with van der Waals surface area (Å²) in [6, 6.07) is 21.9. The monoisotopic (exact) mass is 569 g/mol. The van der Waals surface area contributed by atoms with E-state index in [1.165, 1.54) is 5.56 Å². The first-order valence-electron chi connectivity index (χ1n) is 13.4. The maximum atomic E-state index is 13.2. The van der Waals surface area contributed by atoms with Gasteiger partial charge in [-0.15, -0.1) is 0 Å². The first-order chi connectivity index (χ1) is 19.8. The Morgan fingerprint density at radius 3 is 2.29 bits per heavy atom. The standard InChI is InChI=1S/C31H28ClN5O4/c1-35-26-12-7-22(17-27(26)36(2)31(35)40)30(39)37-15-13-20(14-16-37)19-5-10-24(11-6-19)33-29(38)28-18-25(34-41-28)21-3-8-23(32)9-4-21/h3-12,17-18,20H,13-16H2,1-2H3,(H,33,38). The van der Waals surface area contributed by atoms with Gasteiger partial charge in [0.25, 0.3) is 11.8 Å². The number of halogens is 1. The van der Waals surface area contributed by atoms with Crippen LogP contribution in [0.5, 0.6) is 0 Å². The van der Waals surface area contributed by atoms with Gasteiger partial charge in [-0.05, 0) is 66.8 Å². The van der Waals surface area contributed by atoms with Gasteiger partial charge in [0.2, 0.25) is 5.76 Å². The van der Waals surface area contributed by atoms with E-state index >= 15 is 0 Å². The molecule has 0 unspecified atom stereocenters. The van der Waals surface area contributed by atoms with Gasteiger partial charge in [0.1, 0.15) is 5.69 Å². The van der Waals surface area contributed by atoms with E-state index in [0.29, 0.717) is 41.0 Å². The number of anilines is 1. The molecule has 1 fully saturated rings. The van der Waals surface area contributed by atoms with Crippen molar-refractivity contribution >= 4 is 40.1 Å². The number of carbonyl (C=O) groups is 2. The van der Waals surface area contributed by atoms with Crippen LogP contribution in [0.25, 0.3) is 22.3 Å². The number of nitrogens with one attached hydrogen (secondary N) is 1. The van der Waals surface area contributed by atoms with Crippen molar-refractivity contribution in [3.8, 4) is 11.3 Å². The zero-order valence-corrected chi connectivity index (χ0v) is 23.4. The number of benzene rings is 3. The summed E-state index contributed by atoms with van der Waals surface area (Å²) in [7, 11) is 3.45. The number of fused-ring (bicyclic) bond motifs is 1. The number of imidazole rings is 1. The molecule has 2 aromatic heterocycles. The first kappa shape index (κ1) is 26.6. The zero-order valence-electron chi connectivity index (χ0n) is 22.6. The molecule has 3 aromatic carbocycles. The molecule has 41 heavy (non-hydrogen) atoms. The number of piperidine rings is 1. The second-order valence-corrected chi connectivity index (χ2v) is 10.8. The number of nitrogens with zero attached hydrogens (tertiary/aromatic N) is 4. The third-order valence-electron chi connectivity index (χ3n) is 7.81. The van der Waals surface area contributed by atoms with Gasteiger partial charge in [0.05, 0.1) is 11.0 Å². The number of hydrogen-bond donors (Lipinski definition) is 1. The van der Waals surface area contributed by atoms with Gasteiger partial charge in [-0.2, -0.15) is 0 Å². The van der Waals surface area contributed by atoms with Crippen LogP contribution < -0.4 is 11.0 Å². The smallest absolute Gasteiger partial charge is 0.328 e. The van der Waals surface area contributed by atoms with Gasteiger partial charge >= 0.3 is 5.69 Å². The summed E-state index contributed by atoms with van der Waals surface area (Å²) in [6.07, 6.45) is 1.68. The molecule has 1 saturated heterocycles. The number of amides is 2. The highest BCUT2D eigenvalue weighted by atomic mass is 35.5. The minimum atomic E-state index is -0.383. The van der Waals surface area contributed by atoms with Crippen molar-refractivity contribution in [1.82, 2.24) is 19.2 Å². The van der Waals surface area contributed by atoms with E-state index in [-0.39, 0.29) is 23.3 Å². The molecule has 0 bridgehead atoms. The largest absolute Gasteiger partial charge is 0.350 e. The SMILES string of the molecule is Cn1c(=O)n(C)c2cc(C(=O)N3CCC(c4ccc(NC(=O)c5cc(-c6ccc(Cl)cc6)no5)cc4)CC3)ccc21. The van der Waals surface area contributed by atoms with Gasteiger partial charge in [0.15, 0.2) is 0 Å². The van der Waals surface area contributed by atoms with Crippen molar-refractivity contribution in [2.45, 2.75) is 18.8 Å². The average Bonchev–Trinajstić information content (AvgIpc) is 3.58. The summed E-state index contributed by atoms with van der Waals surface area (Å²) < 4.78 is 8.40. The topological polar surface area (TPSA) is 102 Å². The van der Waals surface area contributed by atoms with Crippen LogP contribution in [0.2, 0.25) is 5.02 Å². The molecule has 5 aromatic rings. The van der Waals surface area contributed by atoms with Crippen LogP contribution in [0.1, 0.15) is 45.2 Å². The molecule has 1 N–H and O–H groups in total. The van der Waals surface area contributed by atoms with Gasteiger partial charge < -0.3 is 14.7 Å². The highest BCUT2D eigenvalue weighted by Crippen LogP contribution is 2.30. The lowest BCUT2D eigenvalue weighted by molar-refractivity contribution is 0.0713. The van der Waals surface area contributed by atoms with Crippen molar-refractivity contribution in [1.29, 1.82) is 0 Å². The van der Waals surface area contributed by atoms with E-state index in [4.69, 9.17) is 16.1 Å². The lowest BCUT2D eigenvalue weighted by Gasteiger charge is -2.32. The van der Waals surface area contributed by atoms with Crippen molar-refractivity contribution < 1.29 is 14.1 Å². The summed E-state index contributed by atoms with van der Waals surface area (Å²) in [5.74, 6) is 0.0273. The summed E-state index contributed by atoms with van der Waals surface area (Å²) in [5, 5.41) is 7.47. The number of aromatic nitrogens is 3. The second kappa shape index (κ2) is 10.7. The fourth-order valence-electron chi connectivity index (χ4n) is 5.41. The highest BCUT2D eigenvalue weighted by molar-refractivity contribution is 6.30. The van der Waals surface area contributed by atoms with Gasteiger partial charge in [-0.3, -0.25) is 18.7 Å². The Balaban J connectivity index is 1.06. The minimum Gasteiger partial charge on any atom is -0.350 e. The molecule has 3 heterocycles. The Morgan fingerprint density at radius 2 is 1.59 bits per heavy atom. The van der Waals surface area contributed by atoms with Crippen LogP contribution >= 0.6 is 11.6 Å². The number of rotatable bonds is 5. The molecule has 0 saturated carbocycles. The van der Waals surface area contributed by atoms with Crippen LogP contribution in [0.3, 0.4) is 0 Å².